The van der Waals surface area contributed by atoms with Crippen LogP contribution < -0.4 is 5.32 Å². The third kappa shape index (κ3) is 4.87. The van der Waals surface area contributed by atoms with Gasteiger partial charge in [0.2, 0.25) is 0 Å². The number of aliphatic carboxylic acids is 1. The van der Waals surface area contributed by atoms with Gasteiger partial charge in [-0.2, -0.15) is 0 Å². The zero-order valence-electron chi connectivity index (χ0n) is 18.5. The number of benzene rings is 2. The summed E-state index contributed by atoms with van der Waals surface area (Å²) in [6, 6.07) is 19.1. The largest absolute Gasteiger partial charge is 0.481 e. The highest BCUT2D eigenvalue weighted by molar-refractivity contribution is 6.05. The SMILES string of the molecule is COC(=O)c1c(NC[C@@H]2CCCC[C@@H]2C(=O)O)nnc(-c2ccccc2)c1-c1ccccc1. The Bertz CT molecular complexity index is 1120. The minimum atomic E-state index is -0.773. The van der Waals surface area contributed by atoms with E-state index in [1.165, 1.54) is 7.11 Å². The van der Waals surface area contributed by atoms with Gasteiger partial charge in [0.1, 0.15) is 11.3 Å². The summed E-state index contributed by atoms with van der Waals surface area (Å²) in [6.07, 6.45) is 3.40. The lowest BCUT2D eigenvalue weighted by Gasteiger charge is -2.29. The molecule has 0 radical (unpaired) electrons. The van der Waals surface area contributed by atoms with E-state index in [1.54, 1.807) is 0 Å². The van der Waals surface area contributed by atoms with Crippen molar-refractivity contribution in [3.63, 3.8) is 0 Å². The molecule has 170 valence electrons. The second-order valence-corrected chi connectivity index (χ2v) is 8.24. The number of aromatic nitrogens is 2. The molecule has 0 unspecified atom stereocenters. The maximum Gasteiger partial charge on any atom is 0.342 e. The lowest BCUT2D eigenvalue weighted by Crippen LogP contribution is -2.32. The maximum atomic E-state index is 13.0. The van der Waals surface area contributed by atoms with Gasteiger partial charge in [-0.3, -0.25) is 4.79 Å². The second-order valence-electron chi connectivity index (χ2n) is 8.24. The first-order valence-electron chi connectivity index (χ1n) is 11.2. The van der Waals surface area contributed by atoms with Gasteiger partial charge in [-0.25, -0.2) is 4.79 Å². The van der Waals surface area contributed by atoms with Crippen molar-refractivity contribution in [2.45, 2.75) is 25.7 Å². The second kappa shape index (κ2) is 10.3. The third-order valence-electron chi connectivity index (χ3n) is 6.23. The van der Waals surface area contributed by atoms with Crippen molar-refractivity contribution in [3.05, 3.63) is 66.2 Å². The van der Waals surface area contributed by atoms with E-state index in [1.807, 2.05) is 60.7 Å². The van der Waals surface area contributed by atoms with Crippen molar-refractivity contribution in [2.24, 2.45) is 11.8 Å². The Morgan fingerprint density at radius 2 is 1.61 bits per heavy atom. The van der Waals surface area contributed by atoms with Gasteiger partial charge in [0.15, 0.2) is 5.82 Å². The Morgan fingerprint density at radius 3 is 2.24 bits per heavy atom. The molecule has 1 aromatic heterocycles. The van der Waals surface area contributed by atoms with Gasteiger partial charge in [-0.1, -0.05) is 73.5 Å². The molecular formula is C26H27N3O4. The number of hydrogen-bond acceptors (Lipinski definition) is 6. The summed E-state index contributed by atoms with van der Waals surface area (Å²) in [4.78, 5) is 24.7. The van der Waals surface area contributed by atoms with Crippen LogP contribution in [0, 0.1) is 11.8 Å². The van der Waals surface area contributed by atoms with Gasteiger partial charge in [-0.05, 0) is 24.3 Å². The maximum absolute atomic E-state index is 13.0. The fourth-order valence-corrected chi connectivity index (χ4v) is 4.55. The highest BCUT2D eigenvalue weighted by Crippen LogP contribution is 2.37. The molecule has 2 aromatic carbocycles. The summed E-state index contributed by atoms with van der Waals surface area (Å²) < 4.78 is 5.14. The Morgan fingerprint density at radius 1 is 0.970 bits per heavy atom. The summed E-state index contributed by atoms with van der Waals surface area (Å²) in [5.41, 5.74) is 3.15. The minimum absolute atomic E-state index is 0.0440. The Hall–Kier alpha value is -3.74. The number of carbonyl (C=O) groups is 2. The highest BCUT2D eigenvalue weighted by atomic mass is 16.5. The average molecular weight is 446 g/mol. The first-order valence-corrected chi connectivity index (χ1v) is 11.2. The lowest BCUT2D eigenvalue weighted by atomic mass is 9.79. The van der Waals surface area contributed by atoms with E-state index >= 15 is 0 Å². The molecule has 0 saturated heterocycles. The van der Waals surface area contributed by atoms with Crippen LogP contribution in [-0.4, -0.2) is 40.9 Å². The molecule has 7 heteroatoms. The van der Waals surface area contributed by atoms with Crippen molar-refractivity contribution in [1.82, 2.24) is 10.2 Å². The van der Waals surface area contributed by atoms with Gasteiger partial charge < -0.3 is 15.2 Å². The predicted molar refractivity (Wildman–Crippen MR) is 126 cm³/mol. The van der Waals surface area contributed by atoms with Gasteiger partial charge in [0.25, 0.3) is 0 Å². The molecule has 0 spiro atoms. The van der Waals surface area contributed by atoms with E-state index in [2.05, 4.69) is 15.5 Å². The topological polar surface area (TPSA) is 101 Å². The van der Waals surface area contributed by atoms with Crippen LogP contribution in [0.2, 0.25) is 0 Å². The highest BCUT2D eigenvalue weighted by Gasteiger charge is 2.32. The van der Waals surface area contributed by atoms with Gasteiger partial charge >= 0.3 is 11.9 Å². The van der Waals surface area contributed by atoms with Crippen LogP contribution in [0.5, 0.6) is 0 Å². The van der Waals surface area contributed by atoms with Crippen LogP contribution in [0.3, 0.4) is 0 Å². The number of rotatable bonds is 7. The molecule has 7 nitrogen and oxygen atoms in total. The molecule has 3 aromatic rings. The summed E-state index contributed by atoms with van der Waals surface area (Å²) in [5, 5.41) is 21.7. The number of carbonyl (C=O) groups excluding carboxylic acids is 1. The summed E-state index contributed by atoms with van der Waals surface area (Å²) >= 11 is 0. The van der Waals surface area contributed by atoms with Crippen molar-refractivity contribution >= 4 is 17.8 Å². The van der Waals surface area contributed by atoms with E-state index in [0.717, 1.165) is 30.4 Å². The monoisotopic (exact) mass is 445 g/mol. The molecule has 1 heterocycles. The molecule has 2 atom stereocenters. The molecule has 1 saturated carbocycles. The Balaban J connectivity index is 1.79. The quantitative estimate of drug-likeness (QED) is 0.499. The number of anilines is 1. The van der Waals surface area contributed by atoms with Crippen molar-refractivity contribution < 1.29 is 19.4 Å². The number of nitrogens with zero attached hydrogens (tertiary/aromatic N) is 2. The molecule has 0 amide bonds. The summed E-state index contributed by atoms with van der Waals surface area (Å²) in [6.45, 7) is 0.397. The smallest absolute Gasteiger partial charge is 0.342 e. The molecule has 1 fully saturated rings. The number of ether oxygens (including phenoxy) is 1. The first-order chi connectivity index (χ1) is 16.1. The first kappa shape index (κ1) is 22.5. The van der Waals surface area contributed by atoms with E-state index in [9.17, 15) is 14.7 Å². The Kier molecular flexibility index (Phi) is 6.98. The summed E-state index contributed by atoms with van der Waals surface area (Å²) in [7, 11) is 1.34. The number of nitrogens with one attached hydrogen (secondary N) is 1. The Labute approximate surface area is 192 Å². The lowest BCUT2D eigenvalue weighted by molar-refractivity contribution is -0.144. The van der Waals surface area contributed by atoms with E-state index in [-0.39, 0.29) is 5.92 Å². The minimum Gasteiger partial charge on any atom is -0.481 e. The average Bonchev–Trinajstić information content (AvgIpc) is 2.87. The number of esters is 1. The summed E-state index contributed by atoms with van der Waals surface area (Å²) in [5.74, 6) is -1.45. The van der Waals surface area contributed by atoms with E-state index in [0.29, 0.717) is 35.6 Å². The van der Waals surface area contributed by atoms with Crippen LogP contribution in [0.25, 0.3) is 22.4 Å². The zero-order chi connectivity index (χ0) is 23.2. The zero-order valence-corrected chi connectivity index (χ0v) is 18.5. The molecule has 0 bridgehead atoms. The molecule has 1 aliphatic carbocycles. The number of methoxy groups -OCH3 is 1. The van der Waals surface area contributed by atoms with Crippen LogP contribution in [-0.2, 0) is 9.53 Å². The number of hydrogen-bond donors (Lipinski definition) is 2. The fourth-order valence-electron chi connectivity index (χ4n) is 4.55. The normalized spacial score (nSPS) is 17.8. The van der Waals surface area contributed by atoms with Crippen molar-refractivity contribution in [3.8, 4) is 22.4 Å². The van der Waals surface area contributed by atoms with E-state index < -0.39 is 17.9 Å². The van der Waals surface area contributed by atoms with Gasteiger partial charge in [0, 0.05) is 17.7 Å². The van der Waals surface area contributed by atoms with Crippen molar-refractivity contribution in [1.29, 1.82) is 0 Å². The van der Waals surface area contributed by atoms with Crippen LogP contribution in [0.15, 0.2) is 60.7 Å². The molecule has 1 aliphatic rings. The van der Waals surface area contributed by atoms with Crippen LogP contribution >= 0.6 is 0 Å². The molecule has 0 aliphatic heterocycles. The van der Waals surface area contributed by atoms with Crippen LogP contribution in [0.4, 0.5) is 5.82 Å². The molecule has 4 rings (SSSR count). The molecule has 33 heavy (non-hydrogen) atoms. The number of carboxylic acid groups (broad SMARTS) is 1. The standard InChI is InChI=1S/C26H27N3O4/c1-33-26(32)22-21(17-10-4-2-5-11-17)23(18-12-6-3-7-13-18)28-29-24(22)27-16-19-14-8-9-15-20(19)25(30)31/h2-7,10-13,19-20H,8-9,14-16H2,1H3,(H,27,29)(H,30,31)/t19-,20-/m0/s1. The van der Waals surface area contributed by atoms with E-state index in [4.69, 9.17) is 4.74 Å². The number of carboxylic acids is 1. The van der Waals surface area contributed by atoms with Gasteiger partial charge in [0.05, 0.1) is 13.0 Å². The molecule has 2 N–H and O–H groups in total. The molecular weight excluding hydrogens is 418 g/mol. The third-order valence-corrected chi connectivity index (χ3v) is 6.23. The van der Waals surface area contributed by atoms with Crippen molar-refractivity contribution in [2.75, 3.05) is 19.0 Å². The predicted octanol–water partition coefficient (Wildman–Crippen LogP) is 4.90. The fraction of sp³-hybridized carbons (Fsp3) is 0.308. The van der Waals surface area contributed by atoms with Gasteiger partial charge in [-0.15, -0.1) is 10.2 Å². The van der Waals surface area contributed by atoms with Crippen LogP contribution in [0.1, 0.15) is 36.0 Å².